The molecular weight excluding hydrogens is 191 g/mol. The first-order chi connectivity index (χ1) is 6.72. The van der Waals surface area contributed by atoms with E-state index in [1.165, 1.54) is 0 Å². The molecule has 5 heteroatoms. The van der Waals surface area contributed by atoms with E-state index in [-0.39, 0.29) is 0 Å². The second-order valence-electron chi connectivity index (χ2n) is 4.84. The van der Waals surface area contributed by atoms with E-state index in [0.29, 0.717) is 7.48 Å². The highest BCUT2D eigenvalue weighted by atomic mass is 16.5. The van der Waals surface area contributed by atoms with Crippen molar-refractivity contribution < 1.29 is 9.76 Å². The van der Waals surface area contributed by atoms with E-state index in [1.54, 1.807) is 18.5 Å². The number of aryl methyl sites for hydroxylation is 1. The molecule has 0 aliphatic rings. The summed E-state index contributed by atoms with van der Waals surface area (Å²) >= 11 is 0. The van der Waals surface area contributed by atoms with E-state index in [2.05, 4.69) is 5.10 Å². The Balaban J connectivity index is 2.57. The van der Waals surface area contributed by atoms with Crippen LogP contribution >= 0.6 is 0 Å². The van der Waals surface area contributed by atoms with Crippen LogP contribution in [-0.4, -0.2) is 33.6 Å². The van der Waals surface area contributed by atoms with Gasteiger partial charge in [0.05, 0.1) is 16.8 Å². The van der Waals surface area contributed by atoms with E-state index in [1.807, 2.05) is 33.2 Å². The molecule has 0 atom stereocenters. The van der Waals surface area contributed by atoms with Crippen molar-refractivity contribution in [3.8, 4) is 0 Å². The lowest BCUT2D eigenvalue weighted by molar-refractivity contribution is -0.0893. The van der Waals surface area contributed by atoms with Gasteiger partial charge in [-0.15, -0.1) is 0 Å². The first kappa shape index (κ1) is 12.3. The standard InChI is InChI=1S/C10H19BN2O2/c1-9(2,14)10(3,4)15-11-8-6-7-13(5)12-8/h6-7,11,14H,1-5H3. The zero-order valence-electron chi connectivity index (χ0n) is 10.1. The molecule has 0 bridgehead atoms. The molecule has 0 radical (unpaired) electrons. The predicted octanol–water partition coefficient (Wildman–Crippen LogP) is -0.0370. The van der Waals surface area contributed by atoms with E-state index in [4.69, 9.17) is 4.65 Å². The van der Waals surface area contributed by atoms with Gasteiger partial charge in [0.1, 0.15) is 0 Å². The molecule has 1 aromatic rings. The van der Waals surface area contributed by atoms with Crippen molar-refractivity contribution in [2.75, 3.05) is 0 Å². The maximum Gasteiger partial charge on any atom is 0.331 e. The third kappa shape index (κ3) is 3.07. The lowest BCUT2D eigenvalue weighted by Crippen LogP contribution is -2.49. The van der Waals surface area contributed by atoms with E-state index in [0.717, 1.165) is 5.59 Å². The molecular formula is C10H19BN2O2. The first-order valence-corrected chi connectivity index (χ1v) is 5.07. The van der Waals surface area contributed by atoms with Crippen LogP contribution in [0.2, 0.25) is 0 Å². The molecule has 1 rings (SSSR count). The maximum absolute atomic E-state index is 9.88. The van der Waals surface area contributed by atoms with Crippen LogP contribution < -0.4 is 5.59 Å². The van der Waals surface area contributed by atoms with Gasteiger partial charge in [0.25, 0.3) is 0 Å². The average molecular weight is 210 g/mol. The topological polar surface area (TPSA) is 47.3 Å². The monoisotopic (exact) mass is 210 g/mol. The van der Waals surface area contributed by atoms with Gasteiger partial charge in [-0.3, -0.25) is 4.68 Å². The Kier molecular flexibility index (Phi) is 3.26. The molecule has 15 heavy (non-hydrogen) atoms. The zero-order chi connectivity index (χ0) is 11.7. The number of hydrogen-bond acceptors (Lipinski definition) is 3. The van der Waals surface area contributed by atoms with Crippen LogP contribution in [0.15, 0.2) is 12.3 Å². The Labute approximate surface area is 91.5 Å². The Morgan fingerprint density at radius 1 is 1.40 bits per heavy atom. The third-order valence-electron chi connectivity index (χ3n) is 2.82. The van der Waals surface area contributed by atoms with Crippen molar-refractivity contribution in [2.45, 2.75) is 38.9 Å². The normalized spacial score (nSPS) is 12.9. The second-order valence-corrected chi connectivity index (χ2v) is 4.84. The van der Waals surface area contributed by atoms with Gasteiger partial charge in [0.2, 0.25) is 0 Å². The fourth-order valence-corrected chi connectivity index (χ4v) is 0.971. The van der Waals surface area contributed by atoms with Crippen molar-refractivity contribution in [1.29, 1.82) is 0 Å². The zero-order valence-corrected chi connectivity index (χ0v) is 10.1. The molecule has 4 nitrogen and oxygen atoms in total. The Morgan fingerprint density at radius 2 is 2.00 bits per heavy atom. The molecule has 1 N–H and O–H groups in total. The Hall–Kier alpha value is -0.805. The number of nitrogens with zero attached hydrogens (tertiary/aromatic N) is 2. The van der Waals surface area contributed by atoms with Gasteiger partial charge in [-0.25, -0.2) is 0 Å². The summed E-state index contributed by atoms with van der Waals surface area (Å²) in [5, 5.41) is 14.1. The fraction of sp³-hybridized carbons (Fsp3) is 0.700. The van der Waals surface area contributed by atoms with Crippen LogP contribution in [0.4, 0.5) is 0 Å². The van der Waals surface area contributed by atoms with Crippen molar-refractivity contribution >= 4 is 13.1 Å². The minimum absolute atomic E-state index is 0.415. The molecule has 0 aliphatic heterocycles. The quantitative estimate of drug-likeness (QED) is 0.709. The molecule has 0 saturated carbocycles. The number of aromatic nitrogens is 2. The molecule has 84 valence electrons. The maximum atomic E-state index is 9.88. The highest BCUT2D eigenvalue weighted by Crippen LogP contribution is 2.23. The summed E-state index contributed by atoms with van der Waals surface area (Å²) in [5.74, 6) is 0. The van der Waals surface area contributed by atoms with Crippen LogP contribution in [-0.2, 0) is 11.7 Å². The molecule has 1 heterocycles. The van der Waals surface area contributed by atoms with Crippen molar-refractivity contribution in [1.82, 2.24) is 9.78 Å². The minimum atomic E-state index is -0.873. The third-order valence-corrected chi connectivity index (χ3v) is 2.82. The van der Waals surface area contributed by atoms with Crippen molar-refractivity contribution in [3.63, 3.8) is 0 Å². The highest BCUT2D eigenvalue weighted by Gasteiger charge is 2.35. The summed E-state index contributed by atoms with van der Waals surface area (Å²) in [4.78, 5) is 0. The Morgan fingerprint density at radius 3 is 2.40 bits per heavy atom. The van der Waals surface area contributed by atoms with Gasteiger partial charge >= 0.3 is 7.48 Å². The fourth-order valence-electron chi connectivity index (χ4n) is 0.971. The molecule has 1 aromatic heterocycles. The average Bonchev–Trinajstić information content (AvgIpc) is 2.46. The van der Waals surface area contributed by atoms with Crippen LogP contribution in [0.3, 0.4) is 0 Å². The molecule has 0 saturated heterocycles. The Bertz CT molecular complexity index is 328. The summed E-state index contributed by atoms with van der Waals surface area (Å²) in [6, 6.07) is 1.90. The van der Waals surface area contributed by atoms with Gasteiger partial charge < -0.3 is 9.76 Å². The SMILES string of the molecule is Cn1ccc(BOC(C)(C)C(C)(C)O)n1. The van der Waals surface area contributed by atoms with Gasteiger partial charge in [-0.1, -0.05) is 0 Å². The lowest BCUT2D eigenvalue weighted by atomic mass is 9.85. The van der Waals surface area contributed by atoms with Crippen molar-refractivity contribution in [3.05, 3.63) is 12.3 Å². The summed E-state index contributed by atoms with van der Waals surface area (Å²) < 4.78 is 7.40. The molecule has 0 amide bonds. The molecule has 0 fully saturated rings. The molecule has 0 aromatic carbocycles. The molecule has 0 spiro atoms. The number of aliphatic hydroxyl groups is 1. The molecule has 0 unspecified atom stereocenters. The van der Waals surface area contributed by atoms with Gasteiger partial charge in [-0.05, 0) is 33.8 Å². The summed E-state index contributed by atoms with van der Waals surface area (Å²) in [7, 11) is 2.28. The minimum Gasteiger partial charge on any atom is -0.425 e. The highest BCUT2D eigenvalue weighted by molar-refractivity contribution is 6.45. The van der Waals surface area contributed by atoms with E-state index < -0.39 is 11.2 Å². The molecule has 0 aliphatic carbocycles. The van der Waals surface area contributed by atoms with Gasteiger partial charge in [-0.2, -0.15) is 5.10 Å². The second kappa shape index (κ2) is 3.98. The lowest BCUT2D eigenvalue weighted by Gasteiger charge is -2.37. The summed E-state index contributed by atoms with van der Waals surface area (Å²) in [5.41, 5.74) is -0.596. The van der Waals surface area contributed by atoms with E-state index >= 15 is 0 Å². The summed E-state index contributed by atoms with van der Waals surface area (Å²) in [6.45, 7) is 7.22. The first-order valence-electron chi connectivity index (χ1n) is 5.07. The number of rotatable bonds is 4. The van der Waals surface area contributed by atoms with Gasteiger partial charge in [0, 0.05) is 13.2 Å². The predicted molar refractivity (Wildman–Crippen MR) is 61.5 cm³/mol. The van der Waals surface area contributed by atoms with Crippen LogP contribution in [0.25, 0.3) is 0 Å². The van der Waals surface area contributed by atoms with E-state index in [9.17, 15) is 5.11 Å². The van der Waals surface area contributed by atoms with Crippen LogP contribution in [0.1, 0.15) is 27.7 Å². The smallest absolute Gasteiger partial charge is 0.331 e. The summed E-state index contributed by atoms with van der Waals surface area (Å²) in [6.07, 6.45) is 1.87. The van der Waals surface area contributed by atoms with Crippen LogP contribution in [0, 0.1) is 0 Å². The van der Waals surface area contributed by atoms with Gasteiger partial charge in [0.15, 0.2) is 0 Å². The largest absolute Gasteiger partial charge is 0.425 e. The van der Waals surface area contributed by atoms with Crippen LogP contribution in [0.5, 0.6) is 0 Å². The number of hydrogen-bond donors (Lipinski definition) is 1. The van der Waals surface area contributed by atoms with Crippen molar-refractivity contribution in [2.24, 2.45) is 7.05 Å².